The maximum Gasteiger partial charge on any atom is 0.293 e. The van der Waals surface area contributed by atoms with Crippen LogP contribution in [0.5, 0.6) is 5.75 Å². The molecule has 1 fully saturated rings. The molecule has 2 aromatic rings. The summed E-state index contributed by atoms with van der Waals surface area (Å²) in [6.45, 7) is -0.879. The maximum absolute atomic E-state index is 12.5. The summed E-state index contributed by atoms with van der Waals surface area (Å²) in [5.74, 6) is -1.85. The first kappa shape index (κ1) is 19.4. The molecule has 0 atom stereocenters. The van der Waals surface area contributed by atoms with Crippen molar-refractivity contribution in [1.82, 2.24) is 4.90 Å². The van der Waals surface area contributed by atoms with Crippen molar-refractivity contribution >= 4 is 40.7 Å². The summed E-state index contributed by atoms with van der Waals surface area (Å²) < 4.78 is 4.98. The van der Waals surface area contributed by atoms with Gasteiger partial charge in [0.2, 0.25) is 0 Å². The van der Waals surface area contributed by atoms with E-state index in [1.165, 1.54) is 18.2 Å². The third kappa shape index (κ3) is 4.66. The summed E-state index contributed by atoms with van der Waals surface area (Å²) in [6, 6.07) is 14.8. The number of carbonyl (C=O) groups excluding carboxylic acids is 4. The zero-order valence-corrected chi connectivity index (χ0v) is 15.3. The maximum atomic E-state index is 12.5. The Morgan fingerprint density at radius 3 is 2.36 bits per heavy atom. The van der Waals surface area contributed by atoms with Crippen LogP contribution in [0, 0.1) is 0 Å². The van der Waals surface area contributed by atoms with Crippen molar-refractivity contribution < 1.29 is 29.0 Å². The molecular formula is C20H14NO6S-. The lowest BCUT2D eigenvalue weighted by Gasteiger charge is -2.11. The van der Waals surface area contributed by atoms with Gasteiger partial charge in [0.15, 0.2) is 5.78 Å². The smallest absolute Gasteiger partial charge is 0.293 e. The molecular weight excluding hydrogens is 382 g/mol. The Balaban J connectivity index is 1.68. The number of carbonyl (C=O) groups is 4. The molecule has 0 radical (unpaired) electrons. The number of hydrogen-bond donors (Lipinski definition) is 0. The number of rotatable bonds is 7. The van der Waals surface area contributed by atoms with Gasteiger partial charge in [0.1, 0.15) is 12.4 Å². The van der Waals surface area contributed by atoms with Crippen LogP contribution in [-0.4, -0.2) is 41.0 Å². The first-order valence-electron chi connectivity index (χ1n) is 8.20. The van der Waals surface area contributed by atoms with Crippen molar-refractivity contribution in [3.8, 4) is 5.75 Å². The van der Waals surface area contributed by atoms with Crippen molar-refractivity contribution in [2.45, 2.75) is 0 Å². The number of thioether (sulfide) groups is 1. The van der Waals surface area contributed by atoms with Crippen molar-refractivity contribution in [1.29, 1.82) is 0 Å². The van der Waals surface area contributed by atoms with Gasteiger partial charge in [-0.1, -0.05) is 42.5 Å². The fraction of sp³-hybridized carbons (Fsp3) is 0.100. The lowest BCUT2D eigenvalue weighted by Crippen LogP contribution is -2.33. The molecule has 0 bridgehead atoms. The summed E-state index contributed by atoms with van der Waals surface area (Å²) in [4.78, 5) is 48.4. The molecule has 0 unspecified atom stereocenters. The standard InChI is InChI=1S/C20H15NO6S/c22-16(14-4-2-1-3-5-14)11-21-19(25)17(28-20(21)26)10-13-6-8-15(9-7-13)27-12-18(23)24/h1-10H,11-12H2,(H,23,24)/p-1/b17-10-. The number of hydrogen-bond acceptors (Lipinski definition) is 7. The Bertz CT molecular complexity index is 952. The Labute approximate surface area is 164 Å². The third-order valence-electron chi connectivity index (χ3n) is 3.81. The minimum atomic E-state index is -1.33. The van der Waals surface area contributed by atoms with Gasteiger partial charge in [-0.3, -0.25) is 19.3 Å². The number of carboxylic acids is 1. The first-order chi connectivity index (χ1) is 13.4. The number of ether oxygens (including phenoxy) is 1. The second-order valence-electron chi connectivity index (χ2n) is 5.79. The number of imide groups is 1. The van der Waals surface area contributed by atoms with E-state index in [0.29, 0.717) is 16.9 Å². The van der Waals surface area contributed by atoms with Crippen LogP contribution in [-0.2, 0) is 9.59 Å². The van der Waals surface area contributed by atoms with Gasteiger partial charge in [-0.15, -0.1) is 0 Å². The van der Waals surface area contributed by atoms with Crippen molar-refractivity contribution in [2.24, 2.45) is 0 Å². The fourth-order valence-corrected chi connectivity index (χ4v) is 3.29. The average Bonchev–Trinajstić information content (AvgIpc) is 2.95. The largest absolute Gasteiger partial charge is 0.546 e. The van der Waals surface area contributed by atoms with Gasteiger partial charge < -0.3 is 14.6 Å². The second kappa shape index (κ2) is 8.53. The topological polar surface area (TPSA) is 104 Å². The van der Waals surface area contributed by atoms with Crippen LogP contribution in [0.4, 0.5) is 4.79 Å². The lowest BCUT2D eigenvalue weighted by atomic mass is 10.1. The molecule has 0 spiro atoms. The van der Waals surface area contributed by atoms with E-state index in [2.05, 4.69) is 0 Å². The quantitative estimate of drug-likeness (QED) is 0.519. The highest BCUT2D eigenvalue weighted by Gasteiger charge is 2.36. The van der Waals surface area contributed by atoms with Gasteiger partial charge in [-0.05, 0) is 35.5 Å². The molecule has 1 aliphatic heterocycles. The summed E-state index contributed by atoms with van der Waals surface area (Å²) >= 11 is 0.761. The van der Waals surface area contributed by atoms with Crippen molar-refractivity contribution in [3.05, 3.63) is 70.6 Å². The van der Waals surface area contributed by atoms with Gasteiger partial charge in [-0.25, -0.2) is 0 Å². The molecule has 0 N–H and O–H groups in total. The minimum Gasteiger partial charge on any atom is -0.546 e. The highest BCUT2D eigenvalue weighted by Crippen LogP contribution is 2.32. The highest BCUT2D eigenvalue weighted by atomic mass is 32.2. The van der Waals surface area contributed by atoms with E-state index in [1.54, 1.807) is 42.5 Å². The van der Waals surface area contributed by atoms with Crippen LogP contribution >= 0.6 is 11.8 Å². The van der Waals surface area contributed by atoms with Gasteiger partial charge >= 0.3 is 0 Å². The molecule has 2 aromatic carbocycles. The Hall–Kier alpha value is -3.39. The van der Waals surface area contributed by atoms with Crippen LogP contribution in [0.2, 0.25) is 0 Å². The number of amides is 2. The molecule has 1 saturated heterocycles. The molecule has 2 amide bonds. The molecule has 28 heavy (non-hydrogen) atoms. The summed E-state index contributed by atoms with van der Waals surface area (Å²) in [7, 11) is 0. The first-order valence-corrected chi connectivity index (χ1v) is 9.02. The van der Waals surface area contributed by atoms with Crippen molar-refractivity contribution in [3.63, 3.8) is 0 Å². The third-order valence-corrected chi connectivity index (χ3v) is 4.71. The number of nitrogens with zero attached hydrogens (tertiary/aromatic N) is 1. The predicted octanol–water partition coefficient (Wildman–Crippen LogP) is 1.73. The monoisotopic (exact) mass is 396 g/mol. The number of benzene rings is 2. The second-order valence-corrected chi connectivity index (χ2v) is 6.78. The lowest BCUT2D eigenvalue weighted by molar-refractivity contribution is -0.307. The summed E-state index contributed by atoms with van der Waals surface area (Å²) in [5, 5.41) is 9.88. The summed E-state index contributed by atoms with van der Waals surface area (Å²) in [5.41, 5.74) is 1.05. The van der Waals surface area contributed by atoms with Gasteiger partial charge in [0, 0.05) is 5.56 Å². The summed E-state index contributed by atoms with van der Waals surface area (Å²) in [6.07, 6.45) is 1.53. The number of Topliss-reactive ketones (excluding diaryl/α,β-unsaturated/α-hetero) is 1. The number of carboxylic acid groups (broad SMARTS) is 1. The number of aliphatic carboxylic acids is 1. The van der Waals surface area contributed by atoms with Crippen LogP contribution in [0.1, 0.15) is 15.9 Å². The molecule has 0 saturated carbocycles. The van der Waals surface area contributed by atoms with Crippen LogP contribution in [0.25, 0.3) is 6.08 Å². The van der Waals surface area contributed by atoms with Crippen LogP contribution < -0.4 is 9.84 Å². The minimum absolute atomic E-state index is 0.203. The zero-order chi connectivity index (χ0) is 20.1. The Morgan fingerprint density at radius 1 is 1.04 bits per heavy atom. The van der Waals surface area contributed by atoms with Crippen molar-refractivity contribution in [2.75, 3.05) is 13.2 Å². The van der Waals surface area contributed by atoms with Crippen LogP contribution in [0.3, 0.4) is 0 Å². The fourth-order valence-electron chi connectivity index (χ4n) is 2.45. The molecule has 0 aromatic heterocycles. The molecule has 1 aliphatic rings. The Morgan fingerprint density at radius 2 is 1.71 bits per heavy atom. The van der Waals surface area contributed by atoms with E-state index in [-0.39, 0.29) is 17.2 Å². The molecule has 8 heteroatoms. The molecule has 142 valence electrons. The van der Waals surface area contributed by atoms with E-state index in [4.69, 9.17) is 4.74 Å². The zero-order valence-electron chi connectivity index (χ0n) is 14.5. The number of ketones is 1. The predicted molar refractivity (Wildman–Crippen MR) is 100 cm³/mol. The van der Waals surface area contributed by atoms with Gasteiger partial charge in [0.05, 0.1) is 17.4 Å². The van der Waals surface area contributed by atoms with E-state index in [0.717, 1.165) is 16.7 Å². The highest BCUT2D eigenvalue weighted by molar-refractivity contribution is 8.18. The van der Waals surface area contributed by atoms with E-state index in [9.17, 15) is 24.3 Å². The average molecular weight is 396 g/mol. The van der Waals surface area contributed by atoms with E-state index in [1.807, 2.05) is 0 Å². The normalized spacial score (nSPS) is 15.1. The molecule has 0 aliphatic carbocycles. The molecule has 3 rings (SSSR count). The van der Waals surface area contributed by atoms with E-state index >= 15 is 0 Å². The Kier molecular flexibility index (Phi) is 5.90. The van der Waals surface area contributed by atoms with Crippen LogP contribution in [0.15, 0.2) is 59.5 Å². The van der Waals surface area contributed by atoms with Gasteiger partial charge in [-0.2, -0.15) is 0 Å². The molecule has 7 nitrogen and oxygen atoms in total. The molecule has 1 heterocycles. The van der Waals surface area contributed by atoms with Gasteiger partial charge in [0.25, 0.3) is 11.1 Å². The van der Waals surface area contributed by atoms with E-state index < -0.39 is 23.7 Å². The SMILES string of the molecule is O=C([O-])COc1ccc(/C=C2\SC(=O)N(CC(=O)c3ccccc3)C2=O)cc1.